The van der Waals surface area contributed by atoms with Crippen LogP contribution in [0.25, 0.3) is 0 Å². The first-order chi connectivity index (χ1) is 10.8. The van der Waals surface area contributed by atoms with Gasteiger partial charge in [0.05, 0.1) is 19.8 Å². The SMILES string of the molecule is CCOc1cc2c(cc1OCC)[C@@H]([C@@H]1CC=CCC1)[NH2+]CC2. The zero-order valence-electron chi connectivity index (χ0n) is 13.8. The maximum absolute atomic E-state index is 5.84. The number of fused-ring (bicyclic) bond motifs is 1. The van der Waals surface area contributed by atoms with Gasteiger partial charge in [0.2, 0.25) is 0 Å². The van der Waals surface area contributed by atoms with Gasteiger partial charge in [-0.1, -0.05) is 12.2 Å². The molecule has 3 heteroatoms. The minimum absolute atomic E-state index is 0.573. The standard InChI is InChI=1S/C19H27NO2/c1-3-21-17-12-15-10-11-20-19(14-8-6-5-7-9-14)16(15)13-18(17)22-4-2/h5-6,12-14,19-20H,3-4,7-11H2,1-2H3/p+1/t14-,19-/m1/s1. The zero-order chi connectivity index (χ0) is 15.4. The van der Waals surface area contributed by atoms with Crippen LogP contribution in [0, 0.1) is 5.92 Å². The summed E-state index contributed by atoms with van der Waals surface area (Å²) in [5.74, 6) is 2.57. The second kappa shape index (κ2) is 7.19. The number of hydrogen-bond donors (Lipinski definition) is 1. The van der Waals surface area contributed by atoms with Gasteiger partial charge in [-0.2, -0.15) is 0 Å². The zero-order valence-corrected chi connectivity index (χ0v) is 13.8. The van der Waals surface area contributed by atoms with Crippen molar-refractivity contribution in [3.63, 3.8) is 0 Å². The van der Waals surface area contributed by atoms with E-state index in [-0.39, 0.29) is 0 Å². The van der Waals surface area contributed by atoms with Crippen LogP contribution in [0.2, 0.25) is 0 Å². The molecule has 0 fully saturated rings. The number of nitrogens with two attached hydrogens (primary N) is 1. The molecule has 2 aliphatic rings. The van der Waals surface area contributed by atoms with Crippen LogP contribution in [0.4, 0.5) is 0 Å². The molecule has 0 radical (unpaired) electrons. The highest BCUT2D eigenvalue weighted by molar-refractivity contribution is 5.49. The predicted octanol–water partition coefficient (Wildman–Crippen LogP) is 3.00. The van der Waals surface area contributed by atoms with Gasteiger partial charge in [-0.05, 0) is 50.8 Å². The van der Waals surface area contributed by atoms with Gasteiger partial charge in [-0.25, -0.2) is 0 Å². The van der Waals surface area contributed by atoms with Gasteiger partial charge in [-0.15, -0.1) is 0 Å². The molecule has 22 heavy (non-hydrogen) atoms. The van der Waals surface area contributed by atoms with Crippen molar-refractivity contribution in [1.82, 2.24) is 0 Å². The summed E-state index contributed by atoms with van der Waals surface area (Å²) in [5.41, 5.74) is 2.92. The lowest BCUT2D eigenvalue weighted by molar-refractivity contribution is -0.706. The van der Waals surface area contributed by atoms with Crippen LogP contribution < -0.4 is 14.8 Å². The minimum Gasteiger partial charge on any atom is -0.490 e. The van der Waals surface area contributed by atoms with Crippen LogP contribution in [-0.4, -0.2) is 19.8 Å². The van der Waals surface area contributed by atoms with E-state index < -0.39 is 0 Å². The van der Waals surface area contributed by atoms with Gasteiger partial charge >= 0.3 is 0 Å². The summed E-state index contributed by atoms with van der Waals surface area (Å²) < 4.78 is 11.6. The Balaban J connectivity index is 1.94. The molecule has 0 saturated heterocycles. The first-order valence-corrected chi connectivity index (χ1v) is 8.74. The summed E-state index contributed by atoms with van der Waals surface area (Å²) in [6.45, 7) is 6.60. The molecule has 3 nitrogen and oxygen atoms in total. The summed E-state index contributed by atoms with van der Waals surface area (Å²) in [6, 6.07) is 5.05. The van der Waals surface area contributed by atoms with Gasteiger partial charge in [-0.3, -0.25) is 0 Å². The van der Waals surface area contributed by atoms with Crippen molar-refractivity contribution in [3.8, 4) is 11.5 Å². The first-order valence-electron chi connectivity index (χ1n) is 8.74. The van der Waals surface area contributed by atoms with Crippen molar-refractivity contribution >= 4 is 0 Å². The molecule has 3 rings (SSSR count). The Morgan fingerprint density at radius 1 is 1.09 bits per heavy atom. The summed E-state index contributed by atoms with van der Waals surface area (Å²) in [7, 11) is 0. The molecule has 0 spiro atoms. The molecule has 1 heterocycles. The summed E-state index contributed by atoms with van der Waals surface area (Å²) >= 11 is 0. The lowest BCUT2D eigenvalue weighted by Crippen LogP contribution is -2.88. The smallest absolute Gasteiger partial charge is 0.161 e. The summed E-state index contributed by atoms with van der Waals surface area (Å²) in [4.78, 5) is 0. The predicted molar refractivity (Wildman–Crippen MR) is 88.5 cm³/mol. The van der Waals surface area contributed by atoms with Crippen LogP contribution in [0.5, 0.6) is 11.5 Å². The molecule has 2 atom stereocenters. The van der Waals surface area contributed by atoms with Crippen LogP contribution >= 0.6 is 0 Å². The molecule has 1 aromatic carbocycles. The summed E-state index contributed by atoms with van der Waals surface area (Å²) in [5, 5.41) is 2.53. The Morgan fingerprint density at radius 3 is 2.55 bits per heavy atom. The second-order valence-electron chi connectivity index (χ2n) is 6.21. The van der Waals surface area contributed by atoms with Crippen LogP contribution in [0.15, 0.2) is 24.3 Å². The van der Waals surface area contributed by atoms with E-state index >= 15 is 0 Å². The van der Waals surface area contributed by atoms with Crippen molar-refractivity contribution in [3.05, 3.63) is 35.4 Å². The van der Waals surface area contributed by atoms with Gasteiger partial charge in [0.1, 0.15) is 6.04 Å². The number of allylic oxidation sites excluding steroid dienone is 2. The van der Waals surface area contributed by atoms with Crippen molar-refractivity contribution in [2.75, 3.05) is 19.8 Å². The molecule has 2 N–H and O–H groups in total. The van der Waals surface area contributed by atoms with Gasteiger partial charge in [0.15, 0.2) is 11.5 Å². The Morgan fingerprint density at radius 2 is 1.86 bits per heavy atom. The normalized spacial score (nSPS) is 23.9. The average Bonchev–Trinajstić information content (AvgIpc) is 2.56. The molecule has 0 saturated carbocycles. The van der Waals surface area contributed by atoms with Crippen molar-refractivity contribution in [2.24, 2.45) is 5.92 Å². The van der Waals surface area contributed by atoms with Gasteiger partial charge in [0.25, 0.3) is 0 Å². The molecule has 1 aliphatic heterocycles. The number of quaternary nitrogens is 1. The Bertz CT molecular complexity index is 538. The van der Waals surface area contributed by atoms with E-state index in [1.807, 2.05) is 13.8 Å². The fourth-order valence-electron chi connectivity index (χ4n) is 3.82. The molecular weight excluding hydrogens is 274 g/mol. The van der Waals surface area contributed by atoms with E-state index in [1.54, 1.807) is 0 Å². The largest absolute Gasteiger partial charge is 0.490 e. The van der Waals surface area contributed by atoms with Crippen molar-refractivity contribution in [2.45, 2.75) is 45.6 Å². The van der Waals surface area contributed by atoms with Crippen LogP contribution in [-0.2, 0) is 6.42 Å². The molecule has 1 aliphatic carbocycles. The third-order valence-electron chi connectivity index (χ3n) is 4.82. The van der Waals surface area contributed by atoms with E-state index in [2.05, 4.69) is 29.6 Å². The van der Waals surface area contributed by atoms with E-state index in [4.69, 9.17) is 9.47 Å². The third kappa shape index (κ3) is 3.14. The Labute approximate surface area is 133 Å². The van der Waals surface area contributed by atoms with Crippen molar-refractivity contribution < 1.29 is 14.8 Å². The molecule has 0 amide bonds. The number of ether oxygens (including phenoxy) is 2. The highest BCUT2D eigenvalue weighted by Crippen LogP contribution is 2.38. The minimum atomic E-state index is 0.573. The fourth-order valence-corrected chi connectivity index (χ4v) is 3.82. The Kier molecular flexibility index (Phi) is 5.04. The maximum atomic E-state index is 5.84. The first kappa shape index (κ1) is 15.4. The monoisotopic (exact) mass is 302 g/mol. The number of benzene rings is 1. The van der Waals surface area contributed by atoms with Gasteiger partial charge < -0.3 is 14.8 Å². The number of hydrogen-bond acceptors (Lipinski definition) is 2. The third-order valence-corrected chi connectivity index (χ3v) is 4.82. The van der Waals surface area contributed by atoms with Gasteiger partial charge in [0, 0.05) is 17.9 Å². The van der Waals surface area contributed by atoms with E-state index in [0.29, 0.717) is 19.3 Å². The Hall–Kier alpha value is -1.48. The fraction of sp³-hybridized carbons (Fsp3) is 0.579. The second-order valence-corrected chi connectivity index (χ2v) is 6.21. The molecule has 120 valence electrons. The number of rotatable bonds is 5. The average molecular weight is 302 g/mol. The van der Waals surface area contributed by atoms with Crippen LogP contribution in [0.3, 0.4) is 0 Å². The molecule has 0 aromatic heterocycles. The molecule has 0 bridgehead atoms. The topological polar surface area (TPSA) is 35.1 Å². The summed E-state index contributed by atoms with van der Waals surface area (Å²) in [6.07, 6.45) is 9.53. The highest BCUT2D eigenvalue weighted by atomic mass is 16.5. The lowest BCUT2D eigenvalue weighted by Gasteiger charge is -2.32. The molecular formula is C19H28NO2+. The van der Waals surface area contributed by atoms with Crippen molar-refractivity contribution in [1.29, 1.82) is 0 Å². The molecule has 0 unspecified atom stereocenters. The highest BCUT2D eigenvalue weighted by Gasteiger charge is 2.32. The molecule has 1 aromatic rings. The van der Waals surface area contributed by atoms with E-state index in [1.165, 1.54) is 36.9 Å². The maximum Gasteiger partial charge on any atom is 0.161 e. The quantitative estimate of drug-likeness (QED) is 0.849. The van der Waals surface area contributed by atoms with E-state index in [9.17, 15) is 0 Å². The lowest BCUT2D eigenvalue weighted by atomic mass is 9.80. The van der Waals surface area contributed by atoms with E-state index in [0.717, 1.165) is 23.8 Å². The van der Waals surface area contributed by atoms with Crippen LogP contribution in [0.1, 0.15) is 50.3 Å².